The minimum Gasteiger partial charge on any atom is -0.337 e. The van der Waals surface area contributed by atoms with Crippen molar-refractivity contribution in [2.45, 2.75) is 65.3 Å². The Labute approximate surface area is 261 Å². The third kappa shape index (κ3) is 4.99. The number of benzene rings is 1. The van der Waals surface area contributed by atoms with Crippen LogP contribution < -0.4 is 5.32 Å². The van der Waals surface area contributed by atoms with Crippen molar-refractivity contribution in [1.82, 2.24) is 29.0 Å². The molecule has 1 N–H and O–H groups in total. The molecule has 5 heterocycles. The van der Waals surface area contributed by atoms with E-state index in [1.807, 2.05) is 44.3 Å². The van der Waals surface area contributed by atoms with Crippen molar-refractivity contribution in [3.05, 3.63) is 77.5 Å². The number of anilines is 1. The Morgan fingerprint density at radius 3 is 2.57 bits per heavy atom. The highest BCUT2D eigenvalue weighted by atomic mass is 19.4. The van der Waals surface area contributed by atoms with E-state index in [1.54, 1.807) is 33.3 Å². The number of alkyl halides is 3. The van der Waals surface area contributed by atoms with Crippen LogP contribution in [0.1, 0.15) is 54.0 Å². The highest BCUT2D eigenvalue weighted by Gasteiger charge is 2.64. The molecular weight excluding hydrogens is 599 g/mol. The van der Waals surface area contributed by atoms with Gasteiger partial charge in [0.15, 0.2) is 11.4 Å². The van der Waals surface area contributed by atoms with Crippen molar-refractivity contribution in [1.29, 1.82) is 0 Å². The molecule has 1 aromatic carbocycles. The van der Waals surface area contributed by atoms with Gasteiger partial charge in [-0.05, 0) is 68.4 Å². The van der Waals surface area contributed by atoms with Crippen molar-refractivity contribution in [3.8, 4) is 11.1 Å². The van der Waals surface area contributed by atoms with Crippen LogP contribution in [0.4, 0.5) is 19.0 Å². The molecule has 2 aliphatic rings. The molecule has 0 radical (unpaired) electrons. The number of aryl methyl sites for hydroxylation is 2. The Balaban J connectivity index is 1.17. The standard InChI is InChI=1S/C33H30F3N7O3/c1-17-5-8-26(33(34,35)36)38-30(17)39-31(46)25-11-32(4)12-27(32)43(25)29(45)16-41-15-23(19(3)44)22-10-20(6-7-24(22)41)21-13-37-28-9-18(2)40-42(28)14-21/h5-10,13-15,25,27H,11-12,16H2,1-4H3,(H,38,39,46)/t25-,27+,32-/m0/s1. The topological polar surface area (TPSA) is 114 Å². The van der Waals surface area contributed by atoms with E-state index in [0.29, 0.717) is 28.5 Å². The van der Waals surface area contributed by atoms with Gasteiger partial charge in [-0.3, -0.25) is 14.4 Å². The maximum absolute atomic E-state index is 13.9. The van der Waals surface area contributed by atoms with Crippen LogP contribution in [0.5, 0.6) is 0 Å². The average molecular weight is 630 g/mol. The molecule has 7 rings (SSSR count). The second kappa shape index (κ2) is 10.2. The zero-order chi connectivity index (χ0) is 32.7. The number of halogens is 3. The van der Waals surface area contributed by atoms with E-state index in [9.17, 15) is 27.6 Å². The van der Waals surface area contributed by atoms with Gasteiger partial charge in [0.1, 0.15) is 24.1 Å². The fraction of sp³-hybridized carbons (Fsp3) is 0.333. The number of likely N-dealkylation sites (tertiary alicyclic amines) is 1. The fourth-order valence-corrected chi connectivity index (χ4v) is 6.63. The van der Waals surface area contributed by atoms with Gasteiger partial charge in [-0.2, -0.15) is 18.3 Å². The lowest BCUT2D eigenvalue weighted by atomic mass is 10.0. The zero-order valence-corrected chi connectivity index (χ0v) is 25.5. The molecule has 10 nitrogen and oxygen atoms in total. The molecule has 236 valence electrons. The molecule has 5 aromatic rings. The fourth-order valence-electron chi connectivity index (χ4n) is 6.63. The largest absolute Gasteiger partial charge is 0.433 e. The first kappa shape index (κ1) is 29.6. The lowest BCUT2D eigenvalue weighted by Crippen LogP contribution is -2.46. The van der Waals surface area contributed by atoms with Gasteiger partial charge in [-0.25, -0.2) is 14.5 Å². The summed E-state index contributed by atoms with van der Waals surface area (Å²) in [4.78, 5) is 49.8. The molecule has 1 saturated heterocycles. The molecule has 4 aromatic heterocycles. The van der Waals surface area contributed by atoms with Crippen LogP contribution in [0.3, 0.4) is 0 Å². The van der Waals surface area contributed by atoms with Gasteiger partial charge in [0.05, 0.1) is 5.69 Å². The molecule has 0 spiro atoms. The molecule has 2 fully saturated rings. The summed E-state index contributed by atoms with van der Waals surface area (Å²) in [6.07, 6.45) is 1.71. The lowest BCUT2D eigenvalue weighted by Gasteiger charge is -2.27. The van der Waals surface area contributed by atoms with E-state index < -0.39 is 23.8 Å². The van der Waals surface area contributed by atoms with E-state index in [-0.39, 0.29) is 35.5 Å². The smallest absolute Gasteiger partial charge is 0.337 e. The van der Waals surface area contributed by atoms with Crippen molar-refractivity contribution >= 4 is 40.0 Å². The number of amides is 2. The number of carbonyl (C=O) groups is 3. The van der Waals surface area contributed by atoms with Crippen LogP contribution in [0.15, 0.2) is 55.0 Å². The van der Waals surface area contributed by atoms with Gasteiger partial charge in [0.25, 0.3) is 0 Å². The zero-order valence-electron chi connectivity index (χ0n) is 25.5. The Morgan fingerprint density at radius 1 is 1.04 bits per heavy atom. The van der Waals surface area contributed by atoms with E-state index in [0.717, 1.165) is 35.0 Å². The second-order valence-electron chi connectivity index (χ2n) is 12.6. The van der Waals surface area contributed by atoms with Gasteiger partial charge >= 0.3 is 6.18 Å². The monoisotopic (exact) mass is 629 g/mol. The van der Waals surface area contributed by atoms with Gasteiger partial charge < -0.3 is 14.8 Å². The molecule has 1 saturated carbocycles. The highest BCUT2D eigenvalue weighted by molar-refractivity contribution is 6.08. The number of hydrogen-bond acceptors (Lipinski definition) is 6. The summed E-state index contributed by atoms with van der Waals surface area (Å²) in [5, 5.41) is 7.65. The van der Waals surface area contributed by atoms with Crippen LogP contribution in [0, 0.1) is 19.3 Å². The number of carbonyl (C=O) groups excluding carboxylic acids is 3. The summed E-state index contributed by atoms with van der Waals surface area (Å²) in [7, 11) is 0. The summed E-state index contributed by atoms with van der Waals surface area (Å²) >= 11 is 0. The van der Waals surface area contributed by atoms with Crippen LogP contribution in [0.2, 0.25) is 0 Å². The van der Waals surface area contributed by atoms with Gasteiger partial charge in [-0.1, -0.05) is 19.1 Å². The van der Waals surface area contributed by atoms with E-state index in [1.165, 1.54) is 13.0 Å². The first-order valence-electron chi connectivity index (χ1n) is 14.8. The van der Waals surface area contributed by atoms with Gasteiger partial charge in [-0.15, -0.1) is 0 Å². The minimum absolute atomic E-state index is 0.125. The summed E-state index contributed by atoms with van der Waals surface area (Å²) in [6.45, 7) is 6.78. The Bertz CT molecular complexity index is 2100. The number of aromatic nitrogens is 5. The van der Waals surface area contributed by atoms with E-state index >= 15 is 0 Å². The maximum Gasteiger partial charge on any atom is 0.433 e. The van der Waals surface area contributed by atoms with Crippen LogP contribution >= 0.6 is 0 Å². The van der Waals surface area contributed by atoms with Crippen LogP contribution in [-0.4, -0.2) is 58.7 Å². The SMILES string of the molecule is CC(=O)c1cn(CC(=O)N2[C@H](C(=O)Nc3nc(C(F)(F)F)ccc3C)C[C@@]3(C)C[C@@H]23)c2ccc(-c3cnc4cc(C)nn4c3)cc12. The Morgan fingerprint density at radius 2 is 1.83 bits per heavy atom. The summed E-state index contributed by atoms with van der Waals surface area (Å²) < 4.78 is 43.3. The number of nitrogens with zero attached hydrogens (tertiary/aromatic N) is 6. The minimum atomic E-state index is -4.67. The van der Waals surface area contributed by atoms with E-state index in [4.69, 9.17) is 0 Å². The molecule has 1 aliphatic carbocycles. The third-order valence-electron chi connectivity index (χ3n) is 9.19. The predicted octanol–water partition coefficient (Wildman–Crippen LogP) is 5.60. The molecule has 46 heavy (non-hydrogen) atoms. The van der Waals surface area contributed by atoms with Crippen molar-refractivity contribution in [3.63, 3.8) is 0 Å². The summed E-state index contributed by atoms with van der Waals surface area (Å²) in [5.41, 5.74) is 3.32. The quantitative estimate of drug-likeness (QED) is 0.245. The number of rotatable bonds is 6. The number of Topliss-reactive ketones (excluding diaryl/α,β-unsaturated/α-hetero) is 1. The highest BCUT2D eigenvalue weighted by Crippen LogP contribution is 2.59. The molecule has 1 aliphatic heterocycles. The van der Waals surface area contributed by atoms with Gasteiger partial charge in [0.2, 0.25) is 11.8 Å². The third-order valence-corrected chi connectivity index (χ3v) is 9.19. The number of piperidine rings is 1. The normalized spacial score (nSPS) is 20.7. The molecule has 2 amide bonds. The summed E-state index contributed by atoms with van der Waals surface area (Å²) in [6, 6.07) is 8.58. The predicted molar refractivity (Wildman–Crippen MR) is 163 cm³/mol. The Kier molecular flexibility index (Phi) is 6.59. The first-order chi connectivity index (χ1) is 21.7. The number of hydrogen-bond donors (Lipinski definition) is 1. The first-order valence-corrected chi connectivity index (χ1v) is 14.8. The van der Waals surface area contributed by atoms with Crippen molar-refractivity contribution in [2.75, 3.05) is 5.32 Å². The van der Waals surface area contributed by atoms with Gasteiger partial charge in [0, 0.05) is 52.7 Å². The number of nitrogens with one attached hydrogen (secondary N) is 1. The second-order valence-corrected chi connectivity index (χ2v) is 12.6. The number of pyridine rings is 1. The molecule has 13 heteroatoms. The lowest BCUT2D eigenvalue weighted by molar-refractivity contribution is -0.141. The van der Waals surface area contributed by atoms with Crippen molar-refractivity contribution < 1.29 is 27.6 Å². The van der Waals surface area contributed by atoms with Crippen LogP contribution in [-0.2, 0) is 22.3 Å². The van der Waals surface area contributed by atoms with Crippen molar-refractivity contribution in [2.24, 2.45) is 5.41 Å². The Hall–Kier alpha value is -5.07. The number of ketones is 1. The molecule has 3 atom stereocenters. The summed E-state index contributed by atoms with van der Waals surface area (Å²) in [5.74, 6) is -1.25. The molecular formula is C33H30F3N7O3. The number of fused-ring (bicyclic) bond motifs is 3. The maximum atomic E-state index is 13.9. The average Bonchev–Trinajstić information content (AvgIpc) is 3.25. The molecule has 0 unspecified atom stereocenters. The molecule has 0 bridgehead atoms. The van der Waals surface area contributed by atoms with E-state index in [2.05, 4.69) is 20.4 Å². The van der Waals surface area contributed by atoms with Crippen LogP contribution in [0.25, 0.3) is 27.7 Å².